The van der Waals surface area contributed by atoms with Gasteiger partial charge in [0.25, 0.3) is 0 Å². The van der Waals surface area contributed by atoms with E-state index in [0.29, 0.717) is 0 Å². The van der Waals surface area contributed by atoms with E-state index in [1.165, 1.54) is 41.5 Å². The maximum absolute atomic E-state index is 12.5. The number of benzene rings is 2. The zero-order valence-electron chi connectivity index (χ0n) is 19.1. The lowest BCUT2D eigenvalue weighted by molar-refractivity contribution is 0.219. The quantitative estimate of drug-likeness (QED) is 0.580. The molecular weight excluding hydrogens is 372 g/mol. The molecule has 0 radical (unpaired) electrons. The largest absolute Gasteiger partial charge is 0.473 e. The van der Waals surface area contributed by atoms with Crippen molar-refractivity contribution in [3.8, 4) is 5.75 Å². The molecule has 2 N–H and O–H groups in total. The summed E-state index contributed by atoms with van der Waals surface area (Å²) in [5.41, 5.74) is 6.41. The molecule has 1 unspecified atom stereocenters. The van der Waals surface area contributed by atoms with Crippen LogP contribution in [0.25, 0.3) is 0 Å². The third-order valence-electron chi connectivity index (χ3n) is 5.89. The van der Waals surface area contributed by atoms with E-state index in [4.69, 9.17) is 4.74 Å². The van der Waals surface area contributed by atoms with Crippen molar-refractivity contribution in [3.05, 3.63) is 64.2 Å². The lowest BCUT2D eigenvalue weighted by atomic mass is 9.85. The van der Waals surface area contributed by atoms with Crippen molar-refractivity contribution < 1.29 is 9.53 Å². The van der Waals surface area contributed by atoms with Gasteiger partial charge in [-0.05, 0) is 72.8 Å². The Hall–Kier alpha value is -2.49. The Morgan fingerprint density at radius 2 is 1.80 bits per heavy atom. The Balaban J connectivity index is 1.58. The number of fused-ring (bicyclic) bond motifs is 1. The lowest BCUT2D eigenvalue weighted by Crippen LogP contribution is -2.39. The molecule has 0 saturated heterocycles. The van der Waals surface area contributed by atoms with Gasteiger partial charge in [-0.1, -0.05) is 63.6 Å². The second-order valence-corrected chi connectivity index (χ2v) is 9.38. The first-order valence-corrected chi connectivity index (χ1v) is 11.2. The molecular formula is C26H36N2O2. The summed E-state index contributed by atoms with van der Waals surface area (Å²) in [6, 6.07) is 12.6. The monoisotopic (exact) mass is 408 g/mol. The minimum Gasteiger partial charge on any atom is -0.473 e. The van der Waals surface area contributed by atoms with Gasteiger partial charge in [-0.3, -0.25) is 0 Å². The van der Waals surface area contributed by atoms with Crippen LogP contribution in [0.5, 0.6) is 5.75 Å². The van der Waals surface area contributed by atoms with Crippen LogP contribution in [0.4, 0.5) is 4.79 Å². The molecule has 0 spiro atoms. The molecule has 0 fully saturated rings. The fourth-order valence-corrected chi connectivity index (χ4v) is 4.14. The van der Waals surface area contributed by atoms with E-state index >= 15 is 0 Å². The topological polar surface area (TPSA) is 50.4 Å². The number of nitrogens with one attached hydrogen (secondary N) is 2. The van der Waals surface area contributed by atoms with Crippen LogP contribution < -0.4 is 15.4 Å². The van der Waals surface area contributed by atoms with Crippen LogP contribution in [0, 0.1) is 6.92 Å². The van der Waals surface area contributed by atoms with Crippen LogP contribution in [0.1, 0.15) is 80.8 Å². The number of carbonyl (C=O) groups is 1. The molecule has 2 amide bonds. The maximum atomic E-state index is 12.5. The third kappa shape index (κ3) is 5.56. The SMILES string of the molecule is CCC(NC(=O)NCOc1ccc(C)cc1C(C)(C)C)c1ccc2c(c1)CCCC2. The summed E-state index contributed by atoms with van der Waals surface area (Å²) in [5.74, 6) is 0.815. The van der Waals surface area contributed by atoms with Gasteiger partial charge in [0, 0.05) is 0 Å². The summed E-state index contributed by atoms with van der Waals surface area (Å²) in [4.78, 5) is 12.5. The zero-order chi connectivity index (χ0) is 21.7. The zero-order valence-corrected chi connectivity index (χ0v) is 19.1. The molecule has 0 bridgehead atoms. The van der Waals surface area contributed by atoms with Gasteiger partial charge in [0.15, 0.2) is 6.73 Å². The Morgan fingerprint density at radius 1 is 1.07 bits per heavy atom. The molecule has 162 valence electrons. The summed E-state index contributed by atoms with van der Waals surface area (Å²) in [5, 5.41) is 5.95. The van der Waals surface area contributed by atoms with Crippen molar-refractivity contribution in [2.75, 3.05) is 6.73 Å². The van der Waals surface area contributed by atoms with E-state index in [1.54, 1.807) is 0 Å². The highest BCUT2D eigenvalue weighted by atomic mass is 16.5. The minimum absolute atomic E-state index is 0.00161. The molecule has 0 heterocycles. The molecule has 1 aliphatic rings. The summed E-state index contributed by atoms with van der Waals surface area (Å²) >= 11 is 0. The average Bonchev–Trinajstić information content (AvgIpc) is 2.72. The first-order chi connectivity index (χ1) is 14.3. The summed E-state index contributed by atoms with van der Waals surface area (Å²) in [6.45, 7) is 10.8. The number of rotatable bonds is 6. The van der Waals surface area contributed by atoms with Crippen LogP contribution in [-0.2, 0) is 18.3 Å². The molecule has 30 heavy (non-hydrogen) atoms. The second kappa shape index (κ2) is 9.55. The van der Waals surface area contributed by atoms with E-state index in [9.17, 15) is 4.79 Å². The van der Waals surface area contributed by atoms with Gasteiger partial charge in [-0.15, -0.1) is 0 Å². The van der Waals surface area contributed by atoms with Gasteiger partial charge in [0.05, 0.1) is 6.04 Å². The van der Waals surface area contributed by atoms with Crippen LogP contribution in [-0.4, -0.2) is 12.8 Å². The number of hydrogen-bond donors (Lipinski definition) is 2. The highest BCUT2D eigenvalue weighted by Crippen LogP contribution is 2.32. The van der Waals surface area contributed by atoms with Gasteiger partial charge in [0.2, 0.25) is 0 Å². The highest BCUT2D eigenvalue weighted by molar-refractivity contribution is 5.74. The Bertz CT molecular complexity index is 883. The standard InChI is InChI=1S/C26H36N2O2/c1-6-23(21-13-12-19-9-7-8-10-20(19)16-21)28-25(29)27-17-30-24-14-11-18(2)15-22(24)26(3,4)5/h11-16,23H,6-10,17H2,1-5H3,(H2,27,28,29). The number of aryl methyl sites for hydroxylation is 3. The molecule has 2 aromatic rings. The fraction of sp³-hybridized carbons (Fsp3) is 0.500. The summed E-state index contributed by atoms with van der Waals surface area (Å²) in [6.07, 6.45) is 5.70. The Morgan fingerprint density at radius 3 is 2.50 bits per heavy atom. The van der Waals surface area contributed by atoms with Crippen molar-refractivity contribution >= 4 is 6.03 Å². The Labute approximate surface area is 181 Å². The third-order valence-corrected chi connectivity index (χ3v) is 5.89. The first kappa shape index (κ1) is 22.2. The van der Waals surface area contributed by atoms with Crippen LogP contribution in [0.2, 0.25) is 0 Å². The Kier molecular flexibility index (Phi) is 7.06. The normalized spacial score (nSPS) is 14.6. The molecule has 4 heteroatoms. The van der Waals surface area contributed by atoms with E-state index < -0.39 is 0 Å². The van der Waals surface area contributed by atoms with E-state index in [2.05, 4.69) is 69.5 Å². The number of urea groups is 1. The molecule has 1 atom stereocenters. The predicted octanol–water partition coefficient (Wildman–Crippen LogP) is 5.96. The second-order valence-electron chi connectivity index (χ2n) is 9.38. The highest BCUT2D eigenvalue weighted by Gasteiger charge is 2.20. The van der Waals surface area contributed by atoms with Crippen molar-refractivity contribution in [2.24, 2.45) is 0 Å². The van der Waals surface area contributed by atoms with Gasteiger partial charge < -0.3 is 15.4 Å². The molecule has 4 nitrogen and oxygen atoms in total. The van der Waals surface area contributed by atoms with E-state index in [1.807, 2.05) is 12.1 Å². The maximum Gasteiger partial charge on any atom is 0.317 e. The number of hydrogen-bond acceptors (Lipinski definition) is 2. The molecule has 1 aliphatic carbocycles. The summed E-state index contributed by atoms with van der Waals surface area (Å²) < 4.78 is 5.91. The smallest absolute Gasteiger partial charge is 0.317 e. The van der Waals surface area contributed by atoms with Crippen molar-refractivity contribution in [3.63, 3.8) is 0 Å². The van der Waals surface area contributed by atoms with E-state index in [-0.39, 0.29) is 24.2 Å². The molecule has 0 aliphatic heterocycles. The van der Waals surface area contributed by atoms with Gasteiger partial charge >= 0.3 is 6.03 Å². The number of amides is 2. The van der Waals surface area contributed by atoms with Crippen molar-refractivity contribution in [1.82, 2.24) is 10.6 Å². The fourth-order valence-electron chi connectivity index (χ4n) is 4.14. The van der Waals surface area contributed by atoms with Crippen molar-refractivity contribution in [1.29, 1.82) is 0 Å². The molecule has 0 aromatic heterocycles. The molecule has 2 aromatic carbocycles. The van der Waals surface area contributed by atoms with Crippen molar-refractivity contribution in [2.45, 2.75) is 78.2 Å². The van der Waals surface area contributed by atoms with Gasteiger partial charge in [0.1, 0.15) is 5.75 Å². The van der Waals surface area contributed by atoms with Crippen LogP contribution in [0.15, 0.2) is 36.4 Å². The predicted molar refractivity (Wildman–Crippen MR) is 123 cm³/mol. The lowest BCUT2D eigenvalue weighted by Gasteiger charge is -2.24. The van der Waals surface area contributed by atoms with Crippen LogP contribution >= 0.6 is 0 Å². The van der Waals surface area contributed by atoms with Gasteiger partial charge in [-0.25, -0.2) is 4.79 Å². The number of carbonyl (C=O) groups excluding carboxylic acids is 1. The number of ether oxygens (including phenoxy) is 1. The average molecular weight is 409 g/mol. The molecule has 3 rings (SSSR count). The van der Waals surface area contributed by atoms with E-state index in [0.717, 1.165) is 24.2 Å². The first-order valence-electron chi connectivity index (χ1n) is 11.2. The summed E-state index contributed by atoms with van der Waals surface area (Å²) in [7, 11) is 0. The van der Waals surface area contributed by atoms with Gasteiger partial charge in [-0.2, -0.15) is 0 Å². The minimum atomic E-state index is -0.205. The molecule has 0 saturated carbocycles. The van der Waals surface area contributed by atoms with Crippen LogP contribution in [0.3, 0.4) is 0 Å².